The molecular weight excluding hydrogens is 180 g/mol. The molecular formula is C10H13N2S+. The summed E-state index contributed by atoms with van der Waals surface area (Å²) in [5.41, 5.74) is 1.11. The summed E-state index contributed by atoms with van der Waals surface area (Å²) in [4.78, 5) is 4.42. The van der Waals surface area contributed by atoms with Gasteiger partial charge in [0.15, 0.2) is 18.4 Å². The van der Waals surface area contributed by atoms with Crippen molar-refractivity contribution in [3.8, 4) is 0 Å². The fraction of sp³-hybridized carbons (Fsp3) is 0.400. The minimum absolute atomic E-state index is 0.520. The van der Waals surface area contributed by atoms with Crippen LogP contribution in [0.5, 0.6) is 0 Å². The Kier molecular flexibility index (Phi) is 2.04. The van der Waals surface area contributed by atoms with Crippen LogP contribution >= 0.6 is 11.3 Å². The summed E-state index contributed by atoms with van der Waals surface area (Å²) in [5, 5.41) is 1.14. The van der Waals surface area contributed by atoms with E-state index in [1.165, 1.54) is 4.70 Å². The molecule has 13 heavy (non-hydrogen) atoms. The normalized spacial score (nSPS) is 11.4. The maximum Gasteiger partial charge on any atom is 0.188 e. The summed E-state index contributed by atoms with van der Waals surface area (Å²) in [6, 6.07) is 2.60. The maximum atomic E-state index is 4.42. The lowest BCUT2D eigenvalue weighted by molar-refractivity contribution is -0.714. The molecule has 0 unspecified atom stereocenters. The van der Waals surface area contributed by atoms with Crippen LogP contribution in [0, 0.1) is 6.92 Å². The SMILES string of the molecule is Cc1nc2cc[n+](C(C)C)cc2s1. The molecule has 3 heteroatoms. The largest absolute Gasteiger partial charge is 0.241 e. The number of nitrogens with zero attached hydrogens (tertiary/aromatic N) is 2. The van der Waals surface area contributed by atoms with Crippen LogP contribution in [0.1, 0.15) is 24.9 Å². The summed E-state index contributed by atoms with van der Waals surface area (Å²) < 4.78 is 3.48. The van der Waals surface area contributed by atoms with Crippen molar-refractivity contribution in [1.29, 1.82) is 0 Å². The monoisotopic (exact) mass is 193 g/mol. The Morgan fingerprint density at radius 3 is 2.92 bits per heavy atom. The molecule has 0 aliphatic rings. The van der Waals surface area contributed by atoms with Crippen molar-refractivity contribution in [1.82, 2.24) is 4.98 Å². The van der Waals surface area contributed by atoms with Gasteiger partial charge in [-0.05, 0) is 20.8 Å². The van der Waals surface area contributed by atoms with E-state index in [4.69, 9.17) is 0 Å². The topological polar surface area (TPSA) is 16.8 Å². The molecule has 0 fully saturated rings. The van der Waals surface area contributed by atoms with E-state index in [1.807, 2.05) is 6.92 Å². The molecule has 68 valence electrons. The molecule has 2 aromatic heterocycles. The van der Waals surface area contributed by atoms with Crippen LogP contribution in [-0.4, -0.2) is 4.98 Å². The van der Waals surface area contributed by atoms with Crippen LogP contribution in [0.2, 0.25) is 0 Å². The van der Waals surface area contributed by atoms with E-state index >= 15 is 0 Å². The number of hydrogen-bond donors (Lipinski definition) is 0. The second-order valence-corrected chi connectivity index (χ2v) is 4.70. The first-order chi connectivity index (χ1) is 6.16. The molecule has 0 N–H and O–H groups in total. The number of thiazole rings is 1. The summed E-state index contributed by atoms with van der Waals surface area (Å²) in [6.07, 6.45) is 4.26. The third-order valence-corrected chi connectivity index (χ3v) is 2.98. The van der Waals surface area contributed by atoms with Gasteiger partial charge in [0.05, 0.1) is 10.5 Å². The van der Waals surface area contributed by atoms with Crippen LogP contribution in [-0.2, 0) is 0 Å². The van der Waals surface area contributed by atoms with E-state index in [-0.39, 0.29) is 0 Å². The molecule has 0 atom stereocenters. The van der Waals surface area contributed by atoms with Gasteiger partial charge in [0.25, 0.3) is 0 Å². The molecule has 0 spiro atoms. The van der Waals surface area contributed by atoms with Crippen molar-refractivity contribution in [3.05, 3.63) is 23.5 Å². The van der Waals surface area contributed by atoms with E-state index in [1.54, 1.807) is 11.3 Å². The van der Waals surface area contributed by atoms with E-state index in [0.717, 1.165) is 10.5 Å². The van der Waals surface area contributed by atoms with Crippen LogP contribution < -0.4 is 4.57 Å². The first kappa shape index (κ1) is 8.63. The van der Waals surface area contributed by atoms with Gasteiger partial charge < -0.3 is 0 Å². The summed E-state index contributed by atoms with van der Waals surface area (Å²) in [6.45, 7) is 6.41. The zero-order valence-electron chi connectivity index (χ0n) is 8.11. The van der Waals surface area contributed by atoms with Gasteiger partial charge in [0.1, 0.15) is 4.70 Å². The Morgan fingerprint density at radius 1 is 1.46 bits per heavy atom. The molecule has 0 aromatic carbocycles. The summed E-state index contributed by atoms with van der Waals surface area (Å²) >= 11 is 1.75. The lowest BCUT2D eigenvalue weighted by Gasteiger charge is -1.97. The van der Waals surface area contributed by atoms with Crippen molar-refractivity contribution in [2.24, 2.45) is 0 Å². The molecule has 0 aliphatic carbocycles. The quantitative estimate of drug-likeness (QED) is 0.636. The highest BCUT2D eigenvalue weighted by Crippen LogP contribution is 2.19. The molecule has 2 rings (SSSR count). The van der Waals surface area contributed by atoms with Crippen molar-refractivity contribution in [3.63, 3.8) is 0 Å². The molecule has 0 bridgehead atoms. The predicted octanol–water partition coefficient (Wildman–Crippen LogP) is 2.47. The standard InChI is InChI=1S/C10H13N2S/c1-7(2)12-5-4-9-10(6-12)13-8(3)11-9/h4-7H,1-3H3/q+1. The van der Waals surface area contributed by atoms with Crippen molar-refractivity contribution in [2.45, 2.75) is 26.8 Å². The maximum absolute atomic E-state index is 4.42. The van der Waals surface area contributed by atoms with E-state index < -0.39 is 0 Å². The van der Waals surface area contributed by atoms with Crippen molar-refractivity contribution < 1.29 is 4.57 Å². The van der Waals surface area contributed by atoms with E-state index in [0.29, 0.717) is 6.04 Å². The second kappa shape index (κ2) is 3.07. The third-order valence-electron chi connectivity index (χ3n) is 2.06. The average molecular weight is 193 g/mol. The fourth-order valence-electron chi connectivity index (χ4n) is 1.33. The number of aromatic nitrogens is 2. The van der Waals surface area contributed by atoms with Gasteiger partial charge in [-0.1, -0.05) is 0 Å². The number of fused-ring (bicyclic) bond motifs is 1. The summed E-state index contributed by atoms with van der Waals surface area (Å²) in [7, 11) is 0. The number of rotatable bonds is 1. The molecule has 0 saturated heterocycles. The smallest absolute Gasteiger partial charge is 0.188 e. The van der Waals surface area contributed by atoms with Gasteiger partial charge in [-0.2, -0.15) is 0 Å². The van der Waals surface area contributed by atoms with Crippen LogP contribution in [0.3, 0.4) is 0 Å². The van der Waals surface area contributed by atoms with Crippen LogP contribution in [0.25, 0.3) is 10.2 Å². The molecule has 2 nitrogen and oxygen atoms in total. The minimum Gasteiger partial charge on any atom is -0.241 e. The minimum atomic E-state index is 0.520. The van der Waals surface area contributed by atoms with E-state index in [2.05, 4.69) is 41.9 Å². The zero-order valence-corrected chi connectivity index (χ0v) is 8.93. The molecule has 0 radical (unpaired) electrons. The van der Waals surface area contributed by atoms with Crippen LogP contribution in [0.4, 0.5) is 0 Å². The summed E-state index contributed by atoms with van der Waals surface area (Å²) in [5.74, 6) is 0. The van der Waals surface area contributed by atoms with Gasteiger partial charge >= 0.3 is 0 Å². The first-order valence-electron chi connectivity index (χ1n) is 4.45. The number of pyridine rings is 1. The average Bonchev–Trinajstić information content (AvgIpc) is 2.42. The van der Waals surface area contributed by atoms with Crippen molar-refractivity contribution >= 4 is 21.6 Å². The van der Waals surface area contributed by atoms with Gasteiger partial charge in [-0.25, -0.2) is 9.55 Å². The predicted molar refractivity (Wildman–Crippen MR) is 54.9 cm³/mol. The Balaban J connectivity index is 2.61. The molecule has 2 aromatic rings. The Labute approximate surface area is 81.9 Å². The van der Waals surface area contributed by atoms with Gasteiger partial charge in [-0.3, -0.25) is 0 Å². The van der Waals surface area contributed by atoms with E-state index in [9.17, 15) is 0 Å². The molecule has 0 amide bonds. The highest BCUT2D eigenvalue weighted by atomic mass is 32.1. The molecule has 0 saturated carbocycles. The highest BCUT2D eigenvalue weighted by molar-refractivity contribution is 7.18. The van der Waals surface area contributed by atoms with Crippen molar-refractivity contribution in [2.75, 3.05) is 0 Å². The van der Waals surface area contributed by atoms with Gasteiger partial charge in [0.2, 0.25) is 0 Å². The number of aryl methyl sites for hydroxylation is 1. The zero-order chi connectivity index (χ0) is 9.42. The molecule has 0 aliphatic heterocycles. The van der Waals surface area contributed by atoms with Gasteiger partial charge in [0, 0.05) is 6.07 Å². The highest BCUT2D eigenvalue weighted by Gasteiger charge is 2.09. The number of hydrogen-bond acceptors (Lipinski definition) is 2. The Morgan fingerprint density at radius 2 is 2.23 bits per heavy atom. The Hall–Kier alpha value is -0.960. The Bertz CT molecular complexity index is 431. The second-order valence-electron chi connectivity index (χ2n) is 3.47. The lowest BCUT2D eigenvalue weighted by Crippen LogP contribution is -2.34. The first-order valence-corrected chi connectivity index (χ1v) is 5.26. The lowest BCUT2D eigenvalue weighted by atomic mass is 10.3. The fourth-order valence-corrected chi connectivity index (χ4v) is 2.18. The van der Waals surface area contributed by atoms with Gasteiger partial charge in [-0.15, -0.1) is 11.3 Å². The van der Waals surface area contributed by atoms with Crippen LogP contribution in [0.15, 0.2) is 18.5 Å². The third kappa shape index (κ3) is 1.56. The molecule has 2 heterocycles.